The first-order valence-electron chi connectivity index (χ1n) is 8.46. The quantitative estimate of drug-likeness (QED) is 0.481. The van der Waals surface area contributed by atoms with Gasteiger partial charge in [-0.15, -0.1) is 0 Å². The van der Waals surface area contributed by atoms with Gasteiger partial charge in [-0.3, -0.25) is 4.79 Å². The molecule has 0 saturated heterocycles. The van der Waals surface area contributed by atoms with Crippen LogP contribution in [0.5, 0.6) is 11.5 Å². The van der Waals surface area contributed by atoms with Crippen LogP contribution in [0.3, 0.4) is 0 Å². The lowest BCUT2D eigenvalue weighted by Crippen LogP contribution is -2.16. The zero-order chi connectivity index (χ0) is 21.6. The van der Waals surface area contributed by atoms with Crippen molar-refractivity contribution >= 4 is 33.3 Å². The predicted molar refractivity (Wildman–Crippen MR) is 109 cm³/mol. The van der Waals surface area contributed by atoms with Crippen molar-refractivity contribution in [1.29, 1.82) is 0 Å². The molecular weight excluding hydrogens is 398 g/mol. The van der Waals surface area contributed by atoms with Crippen LogP contribution < -0.4 is 20.5 Å². The molecule has 0 bridgehead atoms. The first kappa shape index (κ1) is 21.9. The third-order valence-corrected chi connectivity index (χ3v) is 4.57. The van der Waals surface area contributed by atoms with Crippen molar-refractivity contribution in [2.45, 2.75) is 18.7 Å². The summed E-state index contributed by atoms with van der Waals surface area (Å²) in [5.41, 5.74) is 0.424. The molecule has 0 heterocycles. The lowest BCUT2D eigenvalue weighted by Gasteiger charge is -2.17. The fraction of sp³-hybridized carbons (Fsp3) is 0.158. The zero-order valence-corrected chi connectivity index (χ0v) is 16.6. The Morgan fingerprint density at radius 2 is 1.86 bits per heavy atom. The van der Waals surface area contributed by atoms with Crippen molar-refractivity contribution in [1.82, 2.24) is 0 Å². The van der Waals surface area contributed by atoms with E-state index in [1.54, 1.807) is 31.2 Å². The Morgan fingerprint density at radius 1 is 1.21 bits per heavy atom. The molecule has 0 aromatic heterocycles. The highest BCUT2D eigenvalue weighted by molar-refractivity contribution is 7.89. The van der Waals surface area contributed by atoms with Crippen molar-refractivity contribution in [3.05, 3.63) is 54.1 Å². The van der Waals surface area contributed by atoms with E-state index in [9.17, 15) is 23.1 Å². The van der Waals surface area contributed by atoms with Crippen LogP contribution >= 0.6 is 0 Å². The van der Waals surface area contributed by atoms with Gasteiger partial charge in [0.25, 0.3) is 0 Å². The highest BCUT2D eigenvalue weighted by Gasteiger charge is 2.23. The first-order chi connectivity index (χ1) is 13.6. The minimum atomic E-state index is -4.29. The largest absolute Gasteiger partial charge is 0.478 e. The van der Waals surface area contributed by atoms with Crippen molar-refractivity contribution in [3.63, 3.8) is 0 Å². The molecule has 5 N–H and O–H groups in total. The van der Waals surface area contributed by atoms with Crippen LogP contribution in [-0.4, -0.2) is 31.9 Å². The summed E-state index contributed by atoms with van der Waals surface area (Å²) in [6, 6.07) is 8.41. The number of carbonyl (C=O) groups is 2. The smallest absolute Gasteiger partial charge is 0.335 e. The lowest BCUT2D eigenvalue weighted by molar-refractivity contribution is -0.114. The topological polar surface area (TPSA) is 148 Å². The monoisotopic (exact) mass is 419 g/mol. The summed E-state index contributed by atoms with van der Waals surface area (Å²) in [4.78, 5) is 22.1. The van der Waals surface area contributed by atoms with Crippen LogP contribution in [0.15, 0.2) is 53.4 Å². The number of hydrogen-bond acceptors (Lipinski definition) is 6. The third-order valence-electron chi connectivity index (χ3n) is 3.65. The molecular formula is C19H21N3O6S. The Bertz CT molecular complexity index is 1050. The molecule has 0 unspecified atom stereocenters. The number of ether oxygens (including phenoxy) is 1. The summed E-state index contributed by atoms with van der Waals surface area (Å²) in [7, 11) is -4.29. The number of primary sulfonamides is 1. The minimum absolute atomic E-state index is 0.130. The maximum absolute atomic E-state index is 12.1. The van der Waals surface area contributed by atoms with E-state index >= 15 is 0 Å². The molecule has 2 aromatic rings. The number of anilines is 2. The van der Waals surface area contributed by atoms with Crippen molar-refractivity contribution < 1.29 is 27.9 Å². The van der Waals surface area contributed by atoms with Crippen LogP contribution in [0.2, 0.25) is 0 Å². The number of benzene rings is 2. The number of amides is 1. The van der Waals surface area contributed by atoms with Crippen LogP contribution in [-0.2, 0) is 14.8 Å². The summed E-state index contributed by atoms with van der Waals surface area (Å²) in [6.45, 7) is 3.48. The van der Waals surface area contributed by atoms with E-state index in [0.717, 1.165) is 6.07 Å². The van der Waals surface area contributed by atoms with E-state index in [0.29, 0.717) is 12.2 Å². The summed E-state index contributed by atoms with van der Waals surface area (Å²) in [5.74, 6) is -1.42. The normalized spacial score (nSPS) is 11.3. The minimum Gasteiger partial charge on any atom is -0.478 e. The van der Waals surface area contributed by atoms with Gasteiger partial charge in [-0.25, -0.2) is 18.4 Å². The molecule has 2 rings (SSSR count). The van der Waals surface area contributed by atoms with Crippen molar-refractivity contribution in [2.75, 3.05) is 17.2 Å². The molecule has 9 nitrogen and oxygen atoms in total. The molecule has 0 spiro atoms. The second kappa shape index (κ2) is 9.22. The number of carboxylic acid groups (broad SMARTS) is 1. The molecule has 0 aliphatic heterocycles. The number of nitrogens with two attached hydrogens (primary N) is 1. The number of allylic oxidation sites excluding steroid dienone is 1. The van der Waals surface area contributed by atoms with E-state index in [1.165, 1.54) is 25.1 Å². The van der Waals surface area contributed by atoms with Crippen molar-refractivity contribution in [3.8, 4) is 11.5 Å². The maximum atomic E-state index is 12.1. The number of carboxylic acids is 1. The lowest BCUT2D eigenvalue weighted by atomic mass is 10.1. The average molecular weight is 419 g/mol. The maximum Gasteiger partial charge on any atom is 0.335 e. The van der Waals surface area contributed by atoms with Gasteiger partial charge in [-0.05, 0) is 43.3 Å². The molecule has 0 saturated carbocycles. The predicted octanol–water partition coefficient (Wildman–Crippen LogP) is 2.77. The second-order valence-electron chi connectivity index (χ2n) is 5.96. The van der Waals surface area contributed by atoms with E-state index in [-0.39, 0.29) is 28.7 Å². The Kier molecular flexibility index (Phi) is 6.97. The Hall–Kier alpha value is -3.37. The average Bonchev–Trinajstić information content (AvgIpc) is 2.63. The Balaban J connectivity index is 2.54. The van der Waals surface area contributed by atoms with Gasteiger partial charge in [-0.1, -0.05) is 12.2 Å². The van der Waals surface area contributed by atoms with Crippen LogP contribution in [0.4, 0.5) is 11.4 Å². The molecule has 0 aliphatic carbocycles. The molecule has 0 radical (unpaired) electrons. The van der Waals surface area contributed by atoms with Crippen LogP contribution in [0.1, 0.15) is 24.2 Å². The van der Waals surface area contributed by atoms with Crippen LogP contribution in [0.25, 0.3) is 0 Å². The molecule has 29 heavy (non-hydrogen) atoms. The first-order valence-corrected chi connectivity index (χ1v) is 10.0. The van der Waals surface area contributed by atoms with Gasteiger partial charge in [0.05, 0.1) is 11.3 Å². The van der Waals surface area contributed by atoms with Crippen LogP contribution in [0, 0.1) is 0 Å². The van der Waals surface area contributed by atoms with Gasteiger partial charge in [0.1, 0.15) is 10.6 Å². The number of nitrogens with one attached hydrogen (secondary N) is 2. The Labute approximate surface area is 168 Å². The number of rotatable bonds is 8. The summed E-state index contributed by atoms with van der Waals surface area (Å²) in [5, 5.41) is 20.1. The molecule has 1 amide bonds. The number of hydrogen-bond donors (Lipinski definition) is 4. The number of aromatic carboxylic acids is 1. The molecule has 154 valence electrons. The van der Waals surface area contributed by atoms with E-state index in [4.69, 9.17) is 9.88 Å². The molecule has 10 heteroatoms. The molecule has 0 atom stereocenters. The fourth-order valence-electron chi connectivity index (χ4n) is 2.39. The summed E-state index contributed by atoms with van der Waals surface area (Å²) < 4.78 is 29.9. The van der Waals surface area contributed by atoms with E-state index < -0.39 is 20.9 Å². The molecule has 0 aliphatic rings. The van der Waals surface area contributed by atoms with Gasteiger partial charge in [-0.2, -0.15) is 0 Å². The van der Waals surface area contributed by atoms with E-state index in [1.807, 2.05) is 0 Å². The highest BCUT2D eigenvalue weighted by Crippen LogP contribution is 2.37. The van der Waals surface area contributed by atoms with Crippen molar-refractivity contribution in [2.24, 2.45) is 5.14 Å². The van der Waals surface area contributed by atoms with Gasteiger partial charge < -0.3 is 20.5 Å². The Morgan fingerprint density at radius 3 is 2.38 bits per heavy atom. The highest BCUT2D eigenvalue weighted by atomic mass is 32.2. The molecule has 2 aromatic carbocycles. The standard InChI is InChI=1S/C19H21N3O6S/c1-3-4-9-21-16-10-13(19(24)25)11-17(29(20,26)27)18(16)28-15-7-5-14(6-8-15)22-12(2)23/h3-8,10-11,21H,9H2,1-2H3,(H,22,23)(H,24,25)(H2,20,26,27). The van der Waals surface area contributed by atoms with Gasteiger partial charge >= 0.3 is 5.97 Å². The third kappa shape index (κ3) is 6.06. The van der Waals surface area contributed by atoms with Gasteiger partial charge in [0, 0.05) is 19.2 Å². The fourth-order valence-corrected chi connectivity index (χ4v) is 3.09. The van der Waals surface area contributed by atoms with Gasteiger partial charge in [0.15, 0.2) is 5.75 Å². The molecule has 0 fully saturated rings. The number of carbonyl (C=O) groups excluding carboxylic acids is 1. The SMILES string of the molecule is CC=CCNc1cc(C(=O)O)cc(S(N)(=O)=O)c1Oc1ccc(NC(C)=O)cc1. The van der Waals surface area contributed by atoms with E-state index in [2.05, 4.69) is 10.6 Å². The summed E-state index contributed by atoms with van der Waals surface area (Å²) >= 11 is 0. The second-order valence-corrected chi connectivity index (χ2v) is 7.49. The van der Waals surface area contributed by atoms with Gasteiger partial charge in [0.2, 0.25) is 15.9 Å². The zero-order valence-electron chi connectivity index (χ0n) is 15.8. The number of sulfonamides is 1. The summed E-state index contributed by atoms with van der Waals surface area (Å²) in [6.07, 6.45) is 3.53.